The Morgan fingerprint density at radius 1 is 1.38 bits per heavy atom. The van der Waals surface area contributed by atoms with E-state index in [9.17, 15) is 5.11 Å². The molecule has 118 valence electrons. The average molecular weight is 357 g/mol. The van der Waals surface area contributed by atoms with E-state index in [1.54, 1.807) is 7.11 Å². The lowest BCUT2D eigenvalue weighted by Crippen LogP contribution is -2.42. The van der Waals surface area contributed by atoms with Crippen LogP contribution in [-0.2, 0) is 11.3 Å². The summed E-state index contributed by atoms with van der Waals surface area (Å²) >= 11 is 3.66. The molecule has 0 aliphatic carbocycles. The highest BCUT2D eigenvalue weighted by Gasteiger charge is 2.27. The summed E-state index contributed by atoms with van der Waals surface area (Å²) in [5, 5.41) is 13.4. The molecule has 1 fully saturated rings. The van der Waals surface area contributed by atoms with Crippen LogP contribution in [0.15, 0.2) is 22.7 Å². The molecule has 0 aromatic heterocycles. The first kappa shape index (κ1) is 16.7. The minimum atomic E-state index is -0.501. The lowest BCUT2D eigenvalue weighted by molar-refractivity contribution is 0.0351. The second-order valence-corrected chi connectivity index (χ2v) is 6.78. The zero-order valence-electron chi connectivity index (χ0n) is 12.9. The van der Waals surface area contributed by atoms with Gasteiger partial charge in [0.1, 0.15) is 0 Å². The van der Waals surface area contributed by atoms with Crippen LogP contribution in [-0.4, -0.2) is 44.1 Å². The molecule has 1 aliphatic heterocycles. The van der Waals surface area contributed by atoms with Crippen molar-refractivity contribution in [3.8, 4) is 0 Å². The van der Waals surface area contributed by atoms with Crippen molar-refractivity contribution in [2.45, 2.75) is 31.9 Å². The molecule has 0 unspecified atom stereocenters. The summed E-state index contributed by atoms with van der Waals surface area (Å²) in [5.41, 5.74) is 1.97. The molecule has 1 aliphatic rings. The zero-order valence-corrected chi connectivity index (χ0v) is 14.4. The number of nitrogens with zero attached hydrogens (tertiary/aromatic N) is 1. The summed E-state index contributed by atoms with van der Waals surface area (Å²) in [6, 6.07) is 6.50. The van der Waals surface area contributed by atoms with E-state index in [0.29, 0.717) is 0 Å². The SMILES string of the molecule is COCCNCc1ccc(N2CCC(C)(O)CC2)cc1Br. The van der Waals surface area contributed by atoms with Gasteiger partial charge in [0.05, 0.1) is 12.2 Å². The zero-order chi connectivity index (χ0) is 15.3. The number of aliphatic hydroxyl groups is 1. The van der Waals surface area contributed by atoms with Gasteiger partial charge in [0.25, 0.3) is 0 Å². The quantitative estimate of drug-likeness (QED) is 0.768. The molecule has 0 bridgehead atoms. The van der Waals surface area contributed by atoms with Crippen LogP contribution in [0.25, 0.3) is 0 Å². The lowest BCUT2D eigenvalue weighted by atomic mass is 9.93. The number of ether oxygens (including phenoxy) is 1. The summed E-state index contributed by atoms with van der Waals surface area (Å²) in [6.07, 6.45) is 1.65. The summed E-state index contributed by atoms with van der Waals surface area (Å²) in [6.45, 7) is 6.15. The number of hydrogen-bond acceptors (Lipinski definition) is 4. The third-order valence-corrected chi connectivity index (χ3v) is 4.78. The Labute approximate surface area is 135 Å². The van der Waals surface area contributed by atoms with E-state index in [2.05, 4.69) is 44.3 Å². The van der Waals surface area contributed by atoms with Crippen LogP contribution in [0.1, 0.15) is 25.3 Å². The Kier molecular flexibility index (Phi) is 6.05. The molecular weight excluding hydrogens is 332 g/mol. The number of nitrogens with one attached hydrogen (secondary N) is 1. The van der Waals surface area contributed by atoms with Gasteiger partial charge in [0, 0.05) is 43.4 Å². The fourth-order valence-electron chi connectivity index (χ4n) is 2.52. The van der Waals surface area contributed by atoms with Gasteiger partial charge in [-0.1, -0.05) is 22.0 Å². The summed E-state index contributed by atoms with van der Waals surface area (Å²) in [7, 11) is 1.71. The smallest absolute Gasteiger partial charge is 0.0653 e. The summed E-state index contributed by atoms with van der Waals surface area (Å²) in [4.78, 5) is 2.34. The average Bonchev–Trinajstić information content (AvgIpc) is 2.45. The number of anilines is 1. The fourth-order valence-corrected chi connectivity index (χ4v) is 3.03. The largest absolute Gasteiger partial charge is 0.390 e. The molecule has 21 heavy (non-hydrogen) atoms. The van der Waals surface area contributed by atoms with Gasteiger partial charge in [-0.25, -0.2) is 0 Å². The van der Waals surface area contributed by atoms with E-state index in [4.69, 9.17) is 4.74 Å². The molecule has 0 atom stereocenters. The van der Waals surface area contributed by atoms with E-state index in [1.165, 1.54) is 11.3 Å². The Bertz CT molecular complexity index is 456. The Balaban J connectivity index is 1.92. The van der Waals surface area contributed by atoms with Crippen molar-refractivity contribution >= 4 is 21.6 Å². The third-order valence-electron chi connectivity index (χ3n) is 4.04. The first-order valence-corrected chi connectivity index (χ1v) is 8.26. The van der Waals surface area contributed by atoms with Gasteiger partial charge in [-0.2, -0.15) is 0 Å². The fraction of sp³-hybridized carbons (Fsp3) is 0.625. The van der Waals surface area contributed by atoms with Crippen LogP contribution < -0.4 is 10.2 Å². The van der Waals surface area contributed by atoms with E-state index >= 15 is 0 Å². The molecule has 2 N–H and O–H groups in total. The lowest BCUT2D eigenvalue weighted by Gasteiger charge is -2.37. The van der Waals surface area contributed by atoms with Gasteiger partial charge in [-0.05, 0) is 37.5 Å². The van der Waals surface area contributed by atoms with Gasteiger partial charge < -0.3 is 20.1 Å². The topological polar surface area (TPSA) is 44.7 Å². The second kappa shape index (κ2) is 7.58. The molecule has 1 aromatic carbocycles. The van der Waals surface area contributed by atoms with Crippen molar-refractivity contribution < 1.29 is 9.84 Å². The number of piperidine rings is 1. The molecule has 4 nitrogen and oxygen atoms in total. The molecule has 0 radical (unpaired) electrons. The van der Waals surface area contributed by atoms with Crippen LogP contribution >= 0.6 is 15.9 Å². The summed E-state index contributed by atoms with van der Waals surface area (Å²) < 4.78 is 6.15. The number of benzene rings is 1. The van der Waals surface area contributed by atoms with Crippen molar-refractivity contribution in [2.75, 3.05) is 38.3 Å². The van der Waals surface area contributed by atoms with E-state index in [-0.39, 0.29) is 0 Å². The maximum atomic E-state index is 10.0. The number of methoxy groups -OCH3 is 1. The summed E-state index contributed by atoms with van der Waals surface area (Å²) in [5.74, 6) is 0. The monoisotopic (exact) mass is 356 g/mol. The molecule has 2 rings (SSSR count). The van der Waals surface area contributed by atoms with Crippen LogP contribution in [0.2, 0.25) is 0 Å². The van der Waals surface area contributed by atoms with Gasteiger partial charge in [0.2, 0.25) is 0 Å². The van der Waals surface area contributed by atoms with Gasteiger partial charge in [-0.3, -0.25) is 0 Å². The molecule has 0 saturated carbocycles. The van der Waals surface area contributed by atoms with Gasteiger partial charge in [0.15, 0.2) is 0 Å². The predicted octanol–water partition coefficient (Wildman–Crippen LogP) is 2.54. The van der Waals surface area contributed by atoms with Crippen LogP contribution in [0.5, 0.6) is 0 Å². The van der Waals surface area contributed by atoms with Crippen molar-refractivity contribution in [3.05, 3.63) is 28.2 Å². The molecule has 5 heteroatoms. The Hall–Kier alpha value is -0.620. The number of halogens is 1. The number of rotatable bonds is 6. The van der Waals surface area contributed by atoms with Crippen molar-refractivity contribution in [3.63, 3.8) is 0 Å². The Morgan fingerprint density at radius 2 is 2.10 bits per heavy atom. The van der Waals surface area contributed by atoms with Gasteiger partial charge >= 0.3 is 0 Å². The molecular formula is C16H25BrN2O2. The molecule has 0 amide bonds. The first-order chi connectivity index (χ1) is 10.0. The highest BCUT2D eigenvalue weighted by Crippen LogP contribution is 2.29. The van der Waals surface area contributed by atoms with Crippen molar-refractivity contribution in [1.29, 1.82) is 0 Å². The minimum Gasteiger partial charge on any atom is -0.390 e. The second-order valence-electron chi connectivity index (χ2n) is 5.93. The minimum absolute atomic E-state index is 0.501. The molecule has 1 saturated heterocycles. The number of hydrogen-bond donors (Lipinski definition) is 2. The van der Waals surface area contributed by atoms with E-state index < -0.39 is 5.60 Å². The maximum Gasteiger partial charge on any atom is 0.0653 e. The van der Waals surface area contributed by atoms with Crippen molar-refractivity contribution in [2.24, 2.45) is 0 Å². The molecule has 1 aromatic rings. The van der Waals surface area contributed by atoms with Crippen molar-refractivity contribution in [1.82, 2.24) is 5.32 Å². The standard InChI is InChI=1S/C16H25BrN2O2/c1-16(20)5-8-19(9-6-16)14-4-3-13(15(17)11-14)12-18-7-10-21-2/h3-4,11,18,20H,5-10,12H2,1-2H3. The highest BCUT2D eigenvalue weighted by atomic mass is 79.9. The normalized spacial score (nSPS) is 18.0. The third kappa shape index (κ3) is 4.95. The first-order valence-electron chi connectivity index (χ1n) is 7.47. The van der Waals surface area contributed by atoms with Crippen LogP contribution in [0, 0.1) is 0 Å². The van der Waals surface area contributed by atoms with Crippen LogP contribution in [0.4, 0.5) is 5.69 Å². The maximum absolute atomic E-state index is 10.0. The highest BCUT2D eigenvalue weighted by molar-refractivity contribution is 9.10. The van der Waals surface area contributed by atoms with E-state index in [1.807, 2.05) is 6.92 Å². The predicted molar refractivity (Wildman–Crippen MR) is 89.8 cm³/mol. The molecule has 1 heterocycles. The molecule has 0 spiro atoms. The van der Waals surface area contributed by atoms with E-state index in [0.717, 1.165) is 50.1 Å². The van der Waals surface area contributed by atoms with Gasteiger partial charge in [-0.15, -0.1) is 0 Å². The Morgan fingerprint density at radius 3 is 2.71 bits per heavy atom. The van der Waals surface area contributed by atoms with Crippen LogP contribution in [0.3, 0.4) is 0 Å².